The topological polar surface area (TPSA) is 118 Å². The van der Waals surface area contributed by atoms with Crippen molar-refractivity contribution in [3.05, 3.63) is 35.4 Å². The second kappa shape index (κ2) is 8.91. The van der Waals surface area contributed by atoms with E-state index in [4.69, 9.17) is 4.74 Å². The number of anilines is 2. The van der Waals surface area contributed by atoms with Gasteiger partial charge in [-0.15, -0.1) is 13.2 Å². The Bertz CT molecular complexity index is 1270. The van der Waals surface area contributed by atoms with Crippen LogP contribution in [0.25, 0.3) is 5.65 Å². The number of hydrogen-bond acceptors (Lipinski definition) is 7. The molecule has 0 bridgehead atoms. The van der Waals surface area contributed by atoms with Crippen LogP contribution in [0.5, 0.6) is 0 Å². The highest BCUT2D eigenvalue weighted by atomic mass is 19.4. The van der Waals surface area contributed by atoms with E-state index in [9.17, 15) is 18.0 Å². The molecule has 0 spiro atoms. The van der Waals surface area contributed by atoms with E-state index in [2.05, 4.69) is 35.5 Å². The molecule has 3 aromatic rings. The Morgan fingerprint density at radius 2 is 2.11 bits per heavy atom. The van der Waals surface area contributed by atoms with Gasteiger partial charge in [0.25, 0.3) is 0 Å². The minimum atomic E-state index is -4.77. The van der Waals surface area contributed by atoms with Gasteiger partial charge in [0.2, 0.25) is 5.95 Å². The summed E-state index contributed by atoms with van der Waals surface area (Å²) in [6, 6.07) is 1.63. The van der Waals surface area contributed by atoms with E-state index in [1.54, 1.807) is 13.0 Å². The molecule has 3 N–H and O–H groups in total. The van der Waals surface area contributed by atoms with Gasteiger partial charge in [0.15, 0.2) is 5.82 Å². The summed E-state index contributed by atoms with van der Waals surface area (Å²) < 4.78 is 63.0. The number of rotatable bonds is 7. The van der Waals surface area contributed by atoms with Crippen molar-refractivity contribution in [2.24, 2.45) is 0 Å². The zero-order valence-electron chi connectivity index (χ0n) is 19.5. The molecular formula is C22H25F4N7O3. The molecule has 3 atom stereocenters. The normalized spacial score (nSPS) is 23.1. The molecule has 2 fully saturated rings. The van der Waals surface area contributed by atoms with Crippen LogP contribution in [0.4, 0.5) is 34.1 Å². The number of hydrogen-bond donors (Lipinski definition) is 3. The van der Waals surface area contributed by atoms with E-state index in [1.165, 1.54) is 16.8 Å². The first-order valence-corrected chi connectivity index (χ1v) is 11.5. The number of carbonyl (C=O) groups is 1. The number of alkyl carbamates (subject to hydrolysis) is 1. The van der Waals surface area contributed by atoms with E-state index in [0.29, 0.717) is 35.6 Å². The summed E-state index contributed by atoms with van der Waals surface area (Å²) in [5.41, 5.74) is 1.41. The summed E-state index contributed by atoms with van der Waals surface area (Å²) in [6.07, 6.45) is -2.10. The van der Waals surface area contributed by atoms with Crippen molar-refractivity contribution in [1.82, 2.24) is 29.9 Å². The molecule has 0 unspecified atom stereocenters. The summed E-state index contributed by atoms with van der Waals surface area (Å²) in [4.78, 5) is 20.5. The SMILES string of the molecule is Cc1cnc(Nc2cc([C@@H]3CC[C@H](OC(=O)NC4(C)CC4)[C@H]3F)[nH]n2)n2cc(COC(F)(F)F)nc12. The van der Waals surface area contributed by atoms with Gasteiger partial charge < -0.3 is 15.4 Å². The molecule has 2 aliphatic carbocycles. The monoisotopic (exact) mass is 511 g/mol. The van der Waals surface area contributed by atoms with Crippen LogP contribution >= 0.6 is 0 Å². The molecule has 10 nitrogen and oxygen atoms in total. The van der Waals surface area contributed by atoms with Gasteiger partial charge in [0.05, 0.1) is 12.3 Å². The lowest BCUT2D eigenvalue weighted by atomic mass is 10.0. The van der Waals surface area contributed by atoms with E-state index in [0.717, 1.165) is 12.8 Å². The Hall–Kier alpha value is -3.42. The molecular weight excluding hydrogens is 486 g/mol. The van der Waals surface area contributed by atoms with Gasteiger partial charge in [0.1, 0.15) is 17.9 Å². The van der Waals surface area contributed by atoms with Crippen molar-refractivity contribution in [3.63, 3.8) is 0 Å². The Kier molecular flexibility index (Phi) is 6.01. The first-order valence-electron chi connectivity index (χ1n) is 11.5. The first kappa shape index (κ1) is 24.3. The van der Waals surface area contributed by atoms with Crippen LogP contribution in [-0.2, 0) is 16.1 Å². The number of amides is 1. The fourth-order valence-electron chi connectivity index (χ4n) is 4.27. The predicted molar refractivity (Wildman–Crippen MR) is 118 cm³/mol. The van der Waals surface area contributed by atoms with Crippen LogP contribution in [0.1, 0.15) is 55.5 Å². The van der Waals surface area contributed by atoms with Gasteiger partial charge in [-0.25, -0.2) is 19.2 Å². The second-order valence-corrected chi connectivity index (χ2v) is 9.52. The largest absolute Gasteiger partial charge is 0.522 e. The molecule has 0 saturated heterocycles. The van der Waals surface area contributed by atoms with E-state index < -0.39 is 37.3 Å². The third kappa shape index (κ3) is 5.22. The van der Waals surface area contributed by atoms with Crippen molar-refractivity contribution in [1.29, 1.82) is 0 Å². The molecule has 0 aromatic carbocycles. The van der Waals surface area contributed by atoms with Crippen LogP contribution in [0.15, 0.2) is 18.5 Å². The zero-order valence-corrected chi connectivity index (χ0v) is 19.5. The lowest BCUT2D eigenvalue weighted by Crippen LogP contribution is -2.38. The third-order valence-electron chi connectivity index (χ3n) is 6.50. The number of alkyl halides is 4. The number of nitrogens with zero attached hydrogens (tertiary/aromatic N) is 4. The number of aromatic nitrogens is 5. The molecule has 0 radical (unpaired) electrons. The number of nitrogens with one attached hydrogen (secondary N) is 3. The highest BCUT2D eigenvalue weighted by Gasteiger charge is 2.43. The standard InChI is InChI=1S/C22H25F4N7O3/c1-11-8-27-19(33-9-12(28-18(11)33)10-35-22(24,25)26)29-16-7-14(31-32-16)13-3-4-15(17(13)23)36-20(34)30-21(2)5-6-21/h7-9,13,15,17H,3-6,10H2,1-2H3,(H,30,34)(H2,27,29,31,32)/t13-,15-,17-/m0/s1. The predicted octanol–water partition coefficient (Wildman–Crippen LogP) is 4.40. The molecule has 14 heteroatoms. The van der Waals surface area contributed by atoms with Gasteiger partial charge in [-0.3, -0.25) is 14.2 Å². The summed E-state index contributed by atoms with van der Waals surface area (Å²) >= 11 is 0. The summed E-state index contributed by atoms with van der Waals surface area (Å²) in [5.74, 6) is 0.0576. The fourth-order valence-corrected chi connectivity index (χ4v) is 4.27. The number of aromatic amines is 1. The van der Waals surface area contributed by atoms with E-state index in [-0.39, 0.29) is 17.2 Å². The quantitative estimate of drug-likeness (QED) is 0.402. The first-order chi connectivity index (χ1) is 17.0. The summed E-state index contributed by atoms with van der Waals surface area (Å²) in [5, 5.41) is 12.7. The molecule has 36 heavy (non-hydrogen) atoms. The van der Waals surface area contributed by atoms with E-state index in [1.807, 2.05) is 6.92 Å². The Balaban J connectivity index is 1.26. The zero-order chi connectivity index (χ0) is 25.7. The Morgan fingerprint density at radius 1 is 1.33 bits per heavy atom. The van der Waals surface area contributed by atoms with Crippen LogP contribution in [0.2, 0.25) is 0 Å². The average Bonchev–Trinajstić information content (AvgIpc) is 3.16. The number of aryl methyl sites for hydroxylation is 1. The molecule has 3 heterocycles. The fraction of sp³-hybridized carbons (Fsp3) is 0.545. The Labute approximate surface area is 202 Å². The third-order valence-corrected chi connectivity index (χ3v) is 6.50. The van der Waals surface area contributed by atoms with Gasteiger partial charge in [-0.05, 0) is 39.5 Å². The van der Waals surface area contributed by atoms with Crippen molar-refractivity contribution in [2.75, 3.05) is 5.32 Å². The van der Waals surface area contributed by atoms with Crippen molar-refractivity contribution >= 4 is 23.5 Å². The Morgan fingerprint density at radius 3 is 2.83 bits per heavy atom. The van der Waals surface area contributed by atoms with Crippen LogP contribution < -0.4 is 10.6 Å². The maximum Gasteiger partial charge on any atom is 0.522 e. The second-order valence-electron chi connectivity index (χ2n) is 9.52. The lowest BCUT2D eigenvalue weighted by molar-refractivity contribution is -0.330. The van der Waals surface area contributed by atoms with Crippen LogP contribution in [0.3, 0.4) is 0 Å². The smallest absolute Gasteiger partial charge is 0.443 e. The molecule has 3 aromatic heterocycles. The molecule has 194 valence electrons. The molecule has 2 aliphatic rings. The van der Waals surface area contributed by atoms with Crippen LogP contribution in [-0.4, -0.2) is 54.8 Å². The minimum absolute atomic E-state index is 0.0752. The van der Waals surface area contributed by atoms with Crippen molar-refractivity contribution in [2.45, 2.75) is 76.2 Å². The number of carbonyl (C=O) groups excluding carboxylic acids is 1. The molecule has 5 rings (SSSR count). The summed E-state index contributed by atoms with van der Waals surface area (Å²) in [6.45, 7) is 2.90. The van der Waals surface area contributed by atoms with Gasteiger partial charge in [0, 0.05) is 41.2 Å². The highest BCUT2D eigenvalue weighted by Crippen LogP contribution is 2.39. The number of imidazole rings is 1. The number of ether oxygens (including phenoxy) is 2. The van der Waals surface area contributed by atoms with Crippen LogP contribution in [0, 0.1) is 6.92 Å². The van der Waals surface area contributed by atoms with Gasteiger partial charge in [-0.2, -0.15) is 5.10 Å². The number of H-pyrrole nitrogens is 1. The maximum absolute atomic E-state index is 15.1. The van der Waals surface area contributed by atoms with Gasteiger partial charge >= 0.3 is 12.5 Å². The molecule has 1 amide bonds. The molecule has 2 saturated carbocycles. The lowest BCUT2D eigenvalue weighted by Gasteiger charge is -2.19. The van der Waals surface area contributed by atoms with Crippen molar-refractivity contribution < 1.29 is 31.8 Å². The minimum Gasteiger partial charge on any atom is -0.443 e. The number of fused-ring (bicyclic) bond motifs is 1. The number of halogens is 4. The highest BCUT2D eigenvalue weighted by molar-refractivity contribution is 5.69. The molecule has 0 aliphatic heterocycles. The summed E-state index contributed by atoms with van der Waals surface area (Å²) in [7, 11) is 0. The average molecular weight is 511 g/mol. The van der Waals surface area contributed by atoms with E-state index >= 15 is 4.39 Å². The maximum atomic E-state index is 15.1. The van der Waals surface area contributed by atoms with Crippen molar-refractivity contribution in [3.8, 4) is 0 Å². The van der Waals surface area contributed by atoms with Gasteiger partial charge in [-0.1, -0.05) is 0 Å².